The first kappa shape index (κ1) is 14.4. The van der Waals surface area contributed by atoms with Crippen LogP contribution in [0.1, 0.15) is 22.7 Å². The number of aryl methyl sites for hydroxylation is 1. The molecule has 3 heteroatoms. The monoisotopic (exact) mass is 271 g/mol. The van der Waals surface area contributed by atoms with Crippen LogP contribution >= 0.6 is 0 Å². The summed E-state index contributed by atoms with van der Waals surface area (Å²) >= 11 is 0. The van der Waals surface area contributed by atoms with Crippen molar-refractivity contribution in [3.8, 4) is 11.5 Å². The Morgan fingerprint density at radius 1 is 1.00 bits per heavy atom. The van der Waals surface area contributed by atoms with Crippen molar-refractivity contribution in [2.24, 2.45) is 5.73 Å². The Bertz CT molecular complexity index is 581. The van der Waals surface area contributed by atoms with Crippen molar-refractivity contribution >= 4 is 0 Å². The maximum Gasteiger partial charge on any atom is 0.122 e. The lowest BCUT2D eigenvalue weighted by atomic mass is 9.98. The molecule has 0 heterocycles. The number of ether oxygens (including phenoxy) is 2. The van der Waals surface area contributed by atoms with E-state index in [0.29, 0.717) is 0 Å². The van der Waals surface area contributed by atoms with E-state index >= 15 is 0 Å². The van der Waals surface area contributed by atoms with Crippen LogP contribution in [0.2, 0.25) is 0 Å². The molecule has 2 aromatic carbocycles. The average molecular weight is 271 g/mol. The molecular formula is C17H21NO2. The molecule has 0 aromatic heterocycles. The summed E-state index contributed by atoms with van der Waals surface area (Å²) in [6.07, 6.45) is 0.732. The van der Waals surface area contributed by atoms with Crippen molar-refractivity contribution in [2.45, 2.75) is 19.4 Å². The van der Waals surface area contributed by atoms with E-state index in [0.717, 1.165) is 34.6 Å². The van der Waals surface area contributed by atoms with Crippen molar-refractivity contribution in [2.75, 3.05) is 14.2 Å². The fourth-order valence-corrected chi connectivity index (χ4v) is 2.29. The molecule has 0 fully saturated rings. The highest BCUT2D eigenvalue weighted by Crippen LogP contribution is 2.27. The summed E-state index contributed by atoms with van der Waals surface area (Å²) in [7, 11) is 3.36. The summed E-state index contributed by atoms with van der Waals surface area (Å²) in [4.78, 5) is 0. The second kappa shape index (κ2) is 6.44. The van der Waals surface area contributed by atoms with Gasteiger partial charge in [-0.2, -0.15) is 0 Å². The van der Waals surface area contributed by atoms with Crippen molar-refractivity contribution in [3.63, 3.8) is 0 Å². The molecule has 2 aromatic rings. The van der Waals surface area contributed by atoms with Crippen LogP contribution in [-0.4, -0.2) is 14.2 Å². The molecule has 3 nitrogen and oxygen atoms in total. The van der Waals surface area contributed by atoms with Crippen LogP contribution in [-0.2, 0) is 6.42 Å². The van der Waals surface area contributed by atoms with Gasteiger partial charge in [-0.15, -0.1) is 0 Å². The standard InChI is InChI=1S/C17H21NO2/c1-12-8-9-13(11-17(12)20-3)15(18)10-14-6-4-5-7-16(14)19-2/h4-9,11,15H,10,18H2,1-3H3. The van der Waals surface area contributed by atoms with Crippen LogP contribution < -0.4 is 15.2 Å². The first-order chi connectivity index (χ1) is 9.65. The van der Waals surface area contributed by atoms with E-state index in [9.17, 15) is 0 Å². The average Bonchev–Trinajstić information content (AvgIpc) is 2.48. The summed E-state index contributed by atoms with van der Waals surface area (Å²) in [5.74, 6) is 1.75. The third-order valence-electron chi connectivity index (χ3n) is 3.49. The van der Waals surface area contributed by atoms with Crippen LogP contribution in [0.4, 0.5) is 0 Å². The molecule has 1 unspecified atom stereocenters. The summed E-state index contributed by atoms with van der Waals surface area (Å²) in [5.41, 5.74) is 9.61. The molecular weight excluding hydrogens is 250 g/mol. The van der Waals surface area contributed by atoms with Crippen LogP contribution in [0, 0.1) is 6.92 Å². The van der Waals surface area contributed by atoms with Gasteiger partial charge in [0.1, 0.15) is 11.5 Å². The van der Waals surface area contributed by atoms with Gasteiger partial charge in [0.25, 0.3) is 0 Å². The number of rotatable bonds is 5. The lowest BCUT2D eigenvalue weighted by molar-refractivity contribution is 0.407. The molecule has 1 atom stereocenters. The van der Waals surface area contributed by atoms with Crippen molar-refractivity contribution in [1.29, 1.82) is 0 Å². The normalized spacial score (nSPS) is 12.0. The molecule has 2 rings (SSSR count). The SMILES string of the molecule is COc1cc(C(N)Cc2ccccc2OC)ccc1C. The van der Waals surface area contributed by atoms with Crippen molar-refractivity contribution in [1.82, 2.24) is 0 Å². The van der Waals surface area contributed by atoms with Gasteiger partial charge >= 0.3 is 0 Å². The molecule has 2 N–H and O–H groups in total. The maximum absolute atomic E-state index is 6.31. The Morgan fingerprint density at radius 3 is 2.40 bits per heavy atom. The second-order valence-electron chi connectivity index (χ2n) is 4.85. The van der Waals surface area contributed by atoms with E-state index in [1.165, 1.54) is 0 Å². The number of nitrogens with two attached hydrogens (primary N) is 1. The predicted molar refractivity (Wildman–Crippen MR) is 81.4 cm³/mol. The largest absolute Gasteiger partial charge is 0.496 e. The van der Waals surface area contributed by atoms with Gasteiger partial charge < -0.3 is 15.2 Å². The van der Waals surface area contributed by atoms with E-state index in [1.807, 2.05) is 43.3 Å². The zero-order chi connectivity index (χ0) is 14.5. The van der Waals surface area contributed by atoms with Crippen molar-refractivity contribution < 1.29 is 9.47 Å². The highest BCUT2D eigenvalue weighted by atomic mass is 16.5. The van der Waals surface area contributed by atoms with Crippen molar-refractivity contribution in [3.05, 3.63) is 59.2 Å². The number of hydrogen-bond acceptors (Lipinski definition) is 3. The second-order valence-corrected chi connectivity index (χ2v) is 4.85. The molecule has 0 aliphatic carbocycles. The highest BCUT2D eigenvalue weighted by molar-refractivity contribution is 5.40. The van der Waals surface area contributed by atoms with Gasteiger partial charge in [-0.25, -0.2) is 0 Å². The predicted octanol–water partition coefficient (Wildman–Crippen LogP) is 3.25. The minimum absolute atomic E-state index is 0.0826. The minimum Gasteiger partial charge on any atom is -0.496 e. The molecule has 20 heavy (non-hydrogen) atoms. The zero-order valence-electron chi connectivity index (χ0n) is 12.2. The first-order valence-corrected chi connectivity index (χ1v) is 6.67. The summed E-state index contributed by atoms with van der Waals surface area (Å²) in [5, 5.41) is 0. The van der Waals surface area contributed by atoms with E-state index < -0.39 is 0 Å². The highest BCUT2D eigenvalue weighted by Gasteiger charge is 2.12. The molecule has 0 saturated heterocycles. The third kappa shape index (κ3) is 3.11. The molecule has 0 bridgehead atoms. The smallest absolute Gasteiger partial charge is 0.122 e. The van der Waals surface area contributed by atoms with Crippen LogP contribution in [0.15, 0.2) is 42.5 Å². The number of benzene rings is 2. The Labute approximate surface area is 120 Å². The number of methoxy groups -OCH3 is 2. The maximum atomic E-state index is 6.31. The Morgan fingerprint density at radius 2 is 1.70 bits per heavy atom. The number of hydrogen-bond donors (Lipinski definition) is 1. The Hall–Kier alpha value is -2.00. The summed E-state index contributed by atoms with van der Waals surface area (Å²) < 4.78 is 10.7. The van der Waals surface area contributed by atoms with E-state index in [1.54, 1.807) is 14.2 Å². The molecule has 0 aliphatic heterocycles. The fraction of sp³-hybridized carbons (Fsp3) is 0.294. The van der Waals surface area contributed by atoms with Gasteiger partial charge in [0.05, 0.1) is 14.2 Å². The Balaban J connectivity index is 2.21. The minimum atomic E-state index is -0.0826. The van der Waals surface area contributed by atoms with Gasteiger partial charge in [-0.3, -0.25) is 0 Å². The van der Waals surface area contributed by atoms with Gasteiger partial charge in [0.2, 0.25) is 0 Å². The van der Waals surface area contributed by atoms with Gasteiger partial charge in [0.15, 0.2) is 0 Å². The fourth-order valence-electron chi connectivity index (χ4n) is 2.29. The first-order valence-electron chi connectivity index (χ1n) is 6.67. The third-order valence-corrected chi connectivity index (χ3v) is 3.49. The van der Waals surface area contributed by atoms with Gasteiger partial charge in [0, 0.05) is 6.04 Å². The lowest BCUT2D eigenvalue weighted by Gasteiger charge is -2.16. The summed E-state index contributed by atoms with van der Waals surface area (Å²) in [6, 6.07) is 14.0. The molecule has 106 valence electrons. The van der Waals surface area contributed by atoms with E-state index in [-0.39, 0.29) is 6.04 Å². The molecule has 0 amide bonds. The zero-order valence-corrected chi connectivity index (χ0v) is 12.2. The molecule has 0 spiro atoms. The molecule has 0 aliphatic rings. The van der Waals surface area contributed by atoms with Gasteiger partial charge in [-0.1, -0.05) is 30.3 Å². The molecule has 0 radical (unpaired) electrons. The quantitative estimate of drug-likeness (QED) is 0.908. The van der Waals surface area contributed by atoms with E-state index in [2.05, 4.69) is 6.07 Å². The molecule has 0 saturated carbocycles. The Kier molecular flexibility index (Phi) is 4.64. The van der Waals surface area contributed by atoms with Crippen LogP contribution in [0.25, 0.3) is 0 Å². The van der Waals surface area contributed by atoms with Gasteiger partial charge in [-0.05, 0) is 42.2 Å². The number of para-hydroxylation sites is 1. The van der Waals surface area contributed by atoms with E-state index in [4.69, 9.17) is 15.2 Å². The topological polar surface area (TPSA) is 44.5 Å². The summed E-state index contributed by atoms with van der Waals surface area (Å²) in [6.45, 7) is 2.02. The lowest BCUT2D eigenvalue weighted by Crippen LogP contribution is -2.14. The van der Waals surface area contributed by atoms with Crippen LogP contribution in [0.3, 0.4) is 0 Å². The van der Waals surface area contributed by atoms with Crippen LogP contribution in [0.5, 0.6) is 11.5 Å².